The van der Waals surface area contributed by atoms with Crippen molar-refractivity contribution >= 4 is 64.6 Å². The molecule has 0 saturated heterocycles. The molecule has 0 bridgehead atoms. The van der Waals surface area contributed by atoms with Crippen LogP contribution in [0.4, 0.5) is 0 Å². The Morgan fingerprint density at radius 1 is 0.455 bits per heavy atom. The second-order valence-electron chi connectivity index (χ2n) is 12.3. The van der Waals surface area contributed by atoms with Gasteiger partial charge in [-0.15, -0.1) is 0 Å². The molecule has 0 nitrogen and oxygen atoms in total. The third kappa shape index (κ3) is 4.45. The Morgan fingerprint density at radius 3 is 1.30 bits per heavy atom. The number of rotatable bonds is 5. The predicted octanol–water partition coefficient (Wildman–Crippen LogP) is 12.8. The molecule has 6 aromatic carbocycles. The molecule has 0 aromatic heterocycles. The Labute approximate surface area is 276 Å². The van der Waals surface area contributed by atoms with Crippen molar-refractivity contribution in [1.29, 1.82) is 0 Å². The summed E-state index contributed by atoms with van der Waals surface area (Å²) in [5, 5.41) is 5.15. The molecule has 2 heteroatoms. The van der Waals surface area contributed by atoms with Crippen molar-refractivity contribution < 1.29 is 0 Å². The summed E-state index contributed by atoms with van der Waals surface area (Å²) in [6.45, 7) is 4.73. The van der Waals surface area contributed by atoms with Gasteiger partial charge in [-0.3, -0.25) is 0 Å². The van der Waals surface area contributed by atoms with Crippen molar-refractivity contribution in [1.82, 2.24) is 0 Å². The minimum atomic E-state index is 0.386. The molecule has 0 amide bonds. The van der Waals surface area contributed by atoms with Gasteiger partial charge < -0.3 is 0 Å². The second kappa shape index (κ2) is 11.0. The fraction of sp³-hybridized carbons (Fsp3) is 0.143. The molecule has 0 spiro atoms. The van der Waals surface area contributed by atoms with Gasteiger partial charge >= 0.3 is 0 Å². The van der Waals surface area contributed by atoms with Gasteiger partial charge in [0.25, 0.3) is 0 Å². The summed E-state index contributed by atoms with van der Waals surface area (Å²) in [4.78, 5) is 0. The van der Waals surface area contributed by atoms with Crippen LogP contribution in [-0.4, -0.2) is 0 Å². The van der Waals surface area contributed by atoms with Gasteiger partial charge in [-0.25, -0.2) is 0 Å². The molecule has 8 rings (SSSR count). The molecule has 0 N–H and O–H groups in total. The van der Waals surface area contributed by atoms with Crippen LogP contribution >= 0.6 is 31.9 Å². The summed E-state index contributed by atoms with van der Waals surface area (Å²) in [5.41, 5.74) is 14.0. The van der Waals surface area contributed by atoms with Gasteiger partial charge in [-0.2, -0.15) is 0 Å². The molecular formula is C42H32Br2. The van der Waals surface area contributed by atoms with Crippen LogP contribution in [0.5, 0.6) is 0 Å². The van der Waals surface area contributed by atoms with E-state index in [0.717, 1.165) is 12.8 Å². The topological polar surface area (TPSA) is 0 Å². The molecule has 6 aromatic rings. The Bertz CT molecular complexity index is 2020. The summed E-state index contributed by atoms with van der Waals surface area (Å²) in [6, 6.07) is 44.7. The van der Waals surface area contributed by atoms with Crippen LogP contribution in [0.15, 0.2) is 141 Å². The Morgan fingerprint density at radius 2 is 0.864 bits per heavy atom. The highest BCUT2D eigenvalue weighted by Crippen LogP contribution is 2.53. The monoisotopic (exact) mass is 694 g/mol. The van der Waals surface area contributed by atoms with Crippen LogP contribution < -0.4 is 0 Å². The van der Waals surface area contributed by atoms with Gasteiger partial charge in [-0.1, -0.05) is 140 Å². The first kappa shape index (κ1) is 27.8. The van der Waals surface area contributed by atoms with Crippen molar-refractivity contribution in [3.8, 4) is 0 Å². The summed E-state index contributed by atoms with van der Waals surface area (Å²) >= 11 is 7.90. The van der Waals surface area contributed by atoms with E-state index in [4.69, 9.17) is 0 Å². The van der Waals surface area contributed by atoms with Gasteiger partial charge in [0.1, 0.15) is 0 Å². The van der Waals surface area contributed by atoms with Gasteiger partial charge in [0, 0.05) is 31.9 Å². The van der Waals surface area contributed by atoms with Gasteiger partial charge in [0.05, 0.1) is 0 Å². The van der Waals surface area contributed by atoms with E-state index in [1.165, 1.54) is 86.2 Å². The maximum atomic E-state index is 3.95. The van der Waals surface area contributed by atoms with E-state index in [1.807, 2.05) is 0 Å². The Kier molecular flexibility index (Phi) is 6.96. The molecule has 0 aliphatic heterocycles. The van der Waals surface area contributed by atoms with Crippen LogP contribution in [0.25, 0.3) is 32.7 Å². The molecule has 0 heterocycles. The average molecular weight is 697 g/mol. The van der Waals surface area contributed by atoms with Crippen molar-refractivity contribution in [3.05, 3.63) is 175 Å². The van der Waals surface area contributed by atoms with Crippen LogP contribution in [0.1, 0.15) is 71.9 Å². The van der Waals surface area contributed by atoms with E-state index in [-0.39, 0.29) is 0 Å². The molecule has 2 atom stereocenters. The zero-order chi connectivity index (χ0) is 29.9. The molecule has 44 heavy (non-hydrogen) atoms. The molecule has 2 unspecified atom stereocenters. The maximum absolute atomic E-state index is 3.95. The summed E-state index contributed by atoms with van der Waals surface area (Å²) in [5.74, 6) is 0.772. The van der Waals surface area contributed by atoms with Crippen LogP contribution in [0, 0.1) is 0 Å². The van der Waals surface area contributed by atoms with E-state index in [2.05, 4.69) is 167 Å². The van der Waals surface area contributed by atoms with E-state index in [9.17, 15) is 0 Å². The van der Waals surface area contributed by atoms with Crippen molar-refractivity contribution in [2.45, 2.75) is 38.5 Å². The van der Waals surface area contributed by atoms with Crippen LogP contribution in [0.3, 0.4) is 0 Å². The molecule has 0 fully saturated rings. The minimum absolute atomic E-state index is 0.386. The normalized spacial score (nSPS) is 17.5. The van der Waals surface area contributed by atoms with Gasteiger partial charge in [-0.05, 0) is 106 Å². The number of benzene rings is 6. The highest BCUT2D eigenvalue weighted by atomic mass is 79.9. The highest BCUT2D eigenvalue weighted by molar-refractivity contribution is 9.10. The number of allylic oxidation sites excluding steroid dienone is 2. The predicted molar refractivity (Wildman–Crippen MR) is 194 cm³/mol. The summed E-state index contributed by atoms with van der Waals surface area (Å²) in [6.07, 6.45) is 2.21. The lowest BCUT2D eigenvalue weighted by atomic mass is 9.84. The number of halogens is 2. The van der Waals surface area contributed by atoms with Gasteiger partial charge in [0.15, 0.2) is 0 Å². The molecule has 2 aliphatic carbocycles. The molecular weight excluding hydrogens is 664 g/mol. The maximum Gasteiger partial charge on any atom is 0.0256 e. The largest absolute Gasteiger partial charge is 0.0616 e. The first-order valence-electron chi connectivity index (χ1n) is 15.5. The zero-order valence-electron chi connectivity index (χ0n) is 24.9. The Balaban J connectivity index is 1.19. The smallest absolute Gasteiger partial charge is 0.0256 e. The lowest BCUT2D eigenvalue weighted by Gasteiger charge is -2.20. The lowest BCUT2D eigenvalue weighted by molar-refractivity contribution is 0.610. The first-order valence-corrected chi connectivity index (χ1v) is 17.1. The first-order chi connectivity index (χ1) is 21.5. The summed E-state index contributed by atoms with van der Waals surface area (Å²) in [7, 11) is 0. The minimum Gasteiger partial charge on any atom is -0.0616 e. The number of hydrogen-bond donors (Lipinski definition) is 0. The van der Waals surface area contributed by atoms with Crippen molar-refractivity contribution in [3.63, 3.8) is 0 Å². The summed E-state index contributed by atoms with van der Waals surface area (Å²) < 4.78 is 2.37. The fourth-order valence-corrected chi connectivity index (χ4v) is 9.07. The highest BCUT2D eigenvalue weighted by Gasteiger charge is 2.35. The molecule has 214 valence electrons. The standard InChI is InChI=1S/C42H32Br2/c1-25-33(35-13-7-15-37(43)41(35)39(25)31-19-17-27-9-3-5-11-29(27)23-31)21-22-34-26(2)40(42-36(34)14-8-16-38(42)44)32-20-18-28-10-4-6-12-30(28)24-32/h3-20,23-24,33-34H,21-22H2,1-2H3. The fourth-order valence-electron chi connectivity index (χ4n) is 7.91. The second-order valence-corrected chi connectivity index (χ2v) is 14.0. The SMILES string of the molecule is CC1=C(c2ccc3ccccc3c2)c2c(Br)cccc2C1CCC1C(C)=C(c2ccc3ccccc3c2)c2c(Br)cccc21. The Hall–Kier alpha value is -3.72. The third-order valence-corrected chi connectivity index (χ3v) is 11.3. The molecule has 0 saturated carbocycles. The number of fused-ring (bicyclic) bond motifs is 4. The van der Waals surface area contributed by atoms with Gasteiger partial charge in [0.2, 0.25) is 0 Å². The lowest BCUT2D eigenvalue weighted by Crippen LogP contribution is -2.03. The zero-order valence-corrected chi connectivity index (χ0v) is 28.0. The average Bonchev–Trinajstić information content (AvgIpc) is 3.50. The number of hydrogen-bond acceptors (Lipinski definition) is 0. The van der Waals surface area contributed by atoms with Crippen LogP contribution in [-0.2, 0) is 0 Å². The van der Waals surface area contributed by atoms with Crippen LogP contribution in [0.2, 0.25) is 0 Å². The van der Waals surface area contributed by atoms with E-state index in [1.54, 1.807) is 0 Å². The van der Waals surface area contributed by atoms with Crippen molar-refractivity contribution in [2.75, 3.05) is 0 Å². The molecule has 2 aliphatic rings. The van der Waals surface area contributed by atoms with E-state index >= 15 is 0 Å². The van der Waals surface area contributed by atoms with Crippen molar-refractivity contribution in [2.24, 2.45) is 0 Å². The quantitative estimate of drug-likeness (QED) is 0.168. The van der Waals surface area contributed by atoms with E-state index in [0.29, 0.717) is 11.8 Å². The molecule has 0 radical (unpaired) electrons. The third-order valence-electron chi connectivity index (χ3n) is 10.00. The van der Waals surface area contributed by atoms with E-state index < -0.39 is 0 Å².